The van der Waals surface area contributed by atoms with Crippen LogP contribution in [-0.2, 0) is 0 Å². The third kappa shape index (κ3) is 4.22. The predicted molar refractivity (Wildman–Crippen MR) is 105 cm³/mol. The number of thioether (sulfide) groups is 1. The van der Waals surface area contributed by atoms with Crippen LogP contribution in [0.1, 0.15) is 11.1 Å². The lowest BCUT2D eigenvalue weighted by Gasteiger charge is -2.18. The van der Waals surface area contributed by atoms with Crippen LogP contribution in [0.2, 0.25) is 0 Å². The minimum atomic E-state index is 1.07. The summed E-state index contributed by atoms with van der Waals surface area (Å²) in [6.45, 7) is 4.19. The molecule has 118 valence electrons. The van der Waals surface area contributed by atoms with E-state index in [4.69, 9.17) is 0 Å². The topological polar surface area (TPSA) is 3.24 Å². The third-order valence-corrected chi connectivity index (χ3v) is 4.36. The summed E-state index contributed by atoms with van der Waals surface area (Å²) in [5.41, 5.74) is 4.64. The summed E-state index contributed by atoms with van der Waals surface area (Å²) >= 11 is 1.54. The molecule has 0 fully saturated rings. The third-order valence-electron chi connectivity index (χ3n) is 3.65. The van der Waals surface area contributed by atoms with Crippen LogP contribution >= 0.6 is 11.8 Å². The van der Waals surface area contributed by atoms with E-state index in [1.807, 2.05) is 23.1 Å². The van der Waals surface area contributed by atoms with Gasteiger partial charge < -0.3 is 0 Å². The van der Waals surface area contributed by atoms with Crippen molar-refractivity contribution in [1.29, 1.82) is 0 Å². The van der Waals surface area contributed by atoms with E-state index in [0.717, 1.165) is 16.3 Å². The summed E-state index contributed by atoms with van der Waals surface area (Å²) in [5, 5.41) is 3.22. The van der Waals surface area contributed by atoms with Gasteiger partial charge >= 0.3 is 0 Å². The van der Waals surface area contributed by atoms with Crippen LogP contribution in [0.15, 0.2) is 83.8 Å². The van der Waals surface area contributed by atoms with Gasteiger partial charge in [-0.3, -0.25) is 4.90 Å². The molecular formula is C22H19NS. The van der Waals surface area contributed by atoms with Gasteiger partial charge in [0.15, 0.2) is 0 Å². The zero-order chi connectivity index (χ0) is 16.8. The standard InChI is InChI=1S/C22H19NS/c1-18-8-12-20(13-9-18)23(21-14-10-19(2)11-15-21)16-17-24-22-6-4-3-5-7-22/h3-15H,1-2H3. The Balaban J connectivity index is 1.90. The SMILES string of the molecule is Cc1ccc(N(C#CSc2ccccc2)c2ccc(C)cc2)cc1. The molecule has 0 aliphatic heterocycles. The Kier molecular flexibility index (Phi) is 5.25. The van der Waals surface area contributed by atoms with Crippen LogP contribution < -0.4 is 4.90 Å². The smallest absolute Gasteiger partial charge is 0.0546 e. The Morgan fingerprint density at radius 2 is 1.17 bits per heavy atom. The van der Waals surface area contributed by atoms with Crippen molar-refractivity contribution in [3.63, 3.8) is 0 Å². The molecule has 0 heterocycles. The maximum absolute atomic E-state index is 3.29. The summed E-state index contributed by atoms with van der Waals surface area (Å²) in [5.74, 6) is 0. The molecule has 0 aromatic heterocycles. The van der Waals surface area contributed by atoms with Crippen molar-refractivity contribution in [3.05, 3.63) is 90.0 Å². The molecule has 0 atom stereocenters. The molecule has 0 aliphatic carbocycles. The highest BCUT2D eigenvalue weighted by molar-refractivity contribution is 8.03. The van der Waals surface area contributed by atoms with E-state index in [2.05, 4.69) is 85.8 Å². The maximum Gasteiger partial charge on any atom is 0.0546 e. The van der Waals surface area contributed by atoms with Gasteiger partial charge in [-0.1, -0.05) is 53.6 Å². The van der Waals surface area contributed by atoms with Gasteiger partial charge in [0, 0.05) is 10.9 Å². The molecule has 0 bridgehead atoms. The highest BCUT2D eigenvalue weighted by Gasteiger charge is 2.06. The average Bonchev–Trinajstić information content (AvgIpc) is 2.62. The molecule has 3 aromatic carbocycles. The molecule has 0 radical (unpaired) electrons. The van der Waals surface area contributed by atoms with Gasteiger partial charge in [0.2, 0.25) is 0 Å². The number of hydrogen-bond acceptors (Lipinski definition) is 2. The molecule has 0 spiro atoms. The van der Waals surface area contributed by atoms with Gasteiger partial charge in [-0.2, -0.15) is 0 Å². The molecule has 0 N–H and O–H groups in total. The molecule has 0 saturated carbocycles. The number of aryl methyl sites for hydroxylation is 2. The van der Waals surface area contributed by atoms with Gasteiger partial charge in [0.25, 0.3) is 0 Å². The quantitative estimate of drug-likeness (QED) is 0.322. The van der Waals surface area contributed by atoms with Crippen LogP contribution in [0.25, 0.3) is 0 Å². The predicted octanol–water partition coefficient (Wildman–Crippen LogP) is 6.15. The van der Waals surface area contributed by atoms with Gasteiger partial charge in [0.1, 0.15) is 0 Å². The first-order valence-electron chi connectivity index (χ1n) is 7.88. The first kappa shape index (κ1) is 16.2. The Hall–Kier alpha value is -2.63. The van der Waals surface area contributed by atoms with Crippen LogP contribution in [0.3, 0.4) is 0 Å². The summed E-state index contributed by atoms with van der Waals surface area (Å²) in [6, 6.07) is 30.4. The number of benzene rings is 3. The largest absolute Gasteiger partial charge is 0.269 e. The van der Waals surface area contributed by atoms with Crippen molar-refractivity contribution < 1.29 is 0 Å². The van der Waals surface area contributed by atoms with Crippen LogP contribution in [0.5, 0.6) is 0 Å². The lowest BCUT2D eigenvalue weighted by atomic mass is 10.2. The molecule has 1 nitrogen and oxygen atoms in total. The summed E-state index contributed by atoms with van der Waals surface area (Å²) in [6.07, 6.45) is 0. The number of rotatable bonds is 3. The maximum atomic E-state index is 3.29. The second-order valence-corrected chi connectivity index (χ2v) is 6.52. The normalized spacial score (nSPS) is 9.92. The Morgan fingerprint density at radius 3 is 1.67 bits per heavy atom. The molecule has 2 heteroatoms. The van der Waals surface area contributed by atoms with Crippen molar-refractivity contribution in [2.75, 3.05) is 4.90 Å². The van der Waals surface area contributed by atoms with Crippen LogP contribution in [-0.4, -0.2) is 0 Å². The van der Waals surface area contributed by atoms with E-state index in [1.165, 1.54) is 11.1 Å². The number of anilines is 2. The van der Waals surface area contributed by atoms with E-state index in [0.29, 0.717) is 0 Å². The lowest BCUT2D eigenvalue weighted by Crippen LogP contribution is -2.08. The van der Waals surface area contributed by atoms with Gasteiger partial charge in [-0.15, -0.1) is 0 Å². The first-order chi connectivity index (χ1) is 11.7. The zero-order valence-corrected chi connectivity index (χ0v) is 14.7. The monoisotopic (exact) mass is 329 g/mol. The van der Waals surface area contributed by atoms with Gasteiger partial charge in [-0.25, -0.2) is 0 Å². The van der Waals surface area contributed by atoms with Crippen LogP contribution in [0.4, 0.5) is 11.4 Å². The van der Waals surface area contributed by atoms with Crippen molar-refractivity contribution in [2.45, 2.75) is 18.7 Å². The average molecular weight is 329 g/mol. The molecule has 0 aliphatic rings. The zero-order valence-electron chi connectivity index (χ0n) is 13.9. The lowest BCUT2D eigenvalue weighted by molar-refractivity contribution is 1.31. The fraction of sp³-hybridized carbons (Fsp3) is 0.0909. The van der Waals surface area contributed by atoms with Crippen molar-refractivity contribution in [1.82, 2.24) is 0 Å². The molecule has 24 heavy (non-hydrogen) atoms. The number of hydrogen-bond donors (Lipinski definition) is 0. The van der Waals surface area contributed by atoms with Crippen molar-refractivity contribution in [2.24, 2.45) is 0 Å². The summed E-state index contributed by atoms with van der Waals surface area (Å²) < 4.78 is 0. The summed E-state index contributed by atoms with van der Waals surface area (Å²) in [4.78, 5) is 3.19. The second kappa shape index (κ2) is 7.77. The molecule has 3 rings (SSSR count). The molecular weight excluding hydrogens is 310 g/mol. The highest BCUT2D eigenvalue weighted by Crippen LogP contribution is 2.26. The molecule has 3 aromatic rings. The van der Waals surface area contributed by atoms with Crippen molar-refractivity contribution in [3.8, 4) is 11.3 Å². The van der Waals surface area contributed by atoms with Gasteiger partial charge in [0.05, 0.1) is 11.4 Å². The molecule has 0 saturated heterocycles. The van der Waals surface area contributed by atoms with E-state index in [1.54, 1.807) is 11.8 Å². The number of nitrogens with zero attached hydrogens (tertiary/aromatic N) is 1. The summed E-state index contributed by atoms with van der Waals surface area (Å²) in [7, 11) is 0. The minimum absolute atomic E-state index is 1.07. The fourth-order valence-corrected chi connectivity index (χ4v) is 2.83. The second-order valence-electron chi connectivity index (χ2n) is 5.64. The van der Waals surface area contributed by atoms with E-state index < -0.39 is 0 Å². The fourth-order valence-electron chi connectivity index (χ4n) is 2.28. The minimum Gasteiger partial charge on any atom is -0.269 e. The molecule has 0 amide bonds. The highest BCUT2D eigenvalue weighted by atomic mass is 32.2. The molecule has 0 unspecified atom stereocenters. The Bertz CT molecular complexity index is 795. The van der Waals surface area contributed by atoms with E-state index in [9.17, 15) is 0 Å². The first-order valence-corrected chi connectivity index (χ1v) is 8.70. The Morgan fingerprint density at radius 1 is 0.667 bits per heavy atom. The van der Waals surface area contributed by atoms with Gasteiger partial charge in [-0.05, 0) is 67.3 Å². The van der Waals surface area contributed by atoms with Crippen molar-refractivity contribution >= 4 is 23.1 Å². The Labute approximate surface area is 148 Å². The van der Waals surface area contributed by atoms with E-state index in [-0.39, 0.29) is 0 Å². The van der Waals surface area contributed by atoms with Crippen LogP contribution in [0, 0.1) is 25.1 Å². The van der Waals surface area contributed by atoms with E-state index >= 15 is 0 Å².